The Bertz CT molecular complexity index is 1790. The lowest BCUT2D eigenvalue weighted by molar-refractivity contribution is -0.166. The van der Waals surface area contributed by atoms with Crippen LogP contribution in [0.2, 0.25) is 0 Å². The largest absolute Gasteiger partial charge is 0.462 e. The van der Waals surface area contributed by atoms with Crippen LogP contribution >= 0.6 is 0 Å². The fourth-order valence-electron chi connectivity index (χ4n) is 7.72. The van der Waals surface area contributed by atoms with Crippen molar-refractivity contribution in [2.75, 3.05) is 13.2 Å². The number of unbranched alkanes of at least 4 members (excludes halogenated alkanes) is 14. The molecule has 0 saturated heterocycles. The number of hydrogen-bond acceptors (Lipinski definition) is 6. The van der Waals surface area contributed by atoms with Gasteiger partial charge in [0.25, 0.3) is 0 Å². The van der Waals surface area contributed by atoms with Crippen LogP contribution in [0.25, 0.3) is 0 Å². The fraction of sp³-hybridized carbons (Fsp3) is 0.563. The number of allylic oxidation sites excluding steroid dienone is 28. The molecule has 0 amide bonds. The zero-order chi connectivity index (χ0) is 55.7. The zero-order valence-electron chi connectivity index (χ0n) is 49.1. The van der Waals surface area contributed by atoms with E-state index in [1.807, 2.05) is 12.2 Å². The van der Waals surface area contributed by atoms with Gasteiger partial charge in [-0.2, -0.15) is 0 Å². The molecule has 0 aromatic carbocycles. The van der Waals surface area contributed by atoms with E-state index in [1.54, 1.807) is 0 Å². The average Bonchev–Trinajstić information content (AvgIpc) is 3.43. The van der Waals surface area contributed by atoms with Gasteiger partial charge in [0.05, 0.1) is 0 Å². The molecule has 1 atom stereocenters. The van der Waals surface area contributed by atoms with E-state index in [0.29, 0.717) is 19.3 Å². The topological polar surface area (TPSA) is 78.9 Å². The molecule has 0 rings (SSSR count). The Hall–Kier alpha value is -5.23. The summed E-state index contributed by atoms with van der Waals surface area (Å²) in [5, 5.41) is 0. The molecule has 6 nitrogen and oxygen atoms in total. The molecule has 6 heteroatoms. The third kappa shape index (κ3) is 61.5. The Morgan fingerprint density at radius 1 is 0.273 bits per heavy atom. The van der Waals surface area contributed by atoms with Crippen molar-refractivity contribution in [3.05, 3.63) is 170 Å². The standard InChI is InChI=1S/C71H110O6/c1-4-7-10-13-16-19-21-23-25-27-29-30-31-32-33-34-35-36-37-38-39-40-42-43-45-47-49-52-55-58-61-64-70(73)76-67-68(66-75-69(72)63-60-57-54-51-18-15-12-9-6-3)77-71(74)65-62-59-56-53-50-48-46-44-41-28-26-24-22-20-17-14-11-8-5-2/h7-8,10-11,16-17,19-20,23-26,29-30,32-33,35-36,38-39,41-44,48,50,56,59,68H,4-6,9,12-15,18,21-22,27-28,31,34,37,40,45-47,49,51-55,57-58,60-67H2,1-3H3/b10-7-,11-8-,19-16-,20-17-,25-23-,26-24-,30-29-,33-32-,36-35-,39-38-,43-42-,44-41-,50-48-,59-56-. The van der Waals surface area contributed by atoms with Crippen molar-refractivity contribution >= 4 is 17.9 Å². The summed E-state index contributed by atoms with van der Waals surface area (Å²) in [4.78, 5) is 38.1. The normalized spacial score (nSPS) is 13.3. The van der Waals surface area contributed by atoms with E-state index in [4.69, 9.17) is 14.2 Å². The van der Waals surface area contributed by atoms with E-state index < -0.39 is 12.1 Å². The van der Waals surface area contributed by atoms with E-state index in [-0.39, 0.29) is 31.6 Å². The molecule has 0 radical (unpaired) electrons. The van der Waals surface area contributed by atoms with Crippen LogP contribution in [-0.2, 0) is 28.6 Å². The Labute approximate surface area is 472 Å². The Morgan fingerprint density at radius 2 is 0.532 bits per heavy atom. The fourth-order valence-corrected chi connectivity index (χ4v) is 7.72. The average molecular weight is 1060 g/mol. The first-order valence-corrected chi connectivity index (χ1v) is 30.6. The van der Waals surface area contributed by atoms with Gasteiger partial charge >= 0.3 is 17.9 Å². The van der Waals surface area contributed by atoms with Crippen molar-refractivity contribution in [3.63, 3.8) is 0 Å². The van der Waals surface area contributed by atoms with Crippen LogP contribution < -0.4 is 0 Å². The minimum Gasteiger partial charge on any atom is -0.462 e. The number of ether oxygens (including phenoxy) is 3. The summed E-state index contributed by atoms with van der Waals surface area (Å²) in [5.74, 6) is -1.03. The van der Waals surface area contributed by atoms with Crippen LogP contribution in [0.4, 0.5) is 0 Å². The number of rotatable bonds is 53. The van der Waals surface area contributed by atoms with Gasteiger partial charge in [0.1, 0.15) is 13.2 Å². The lowest BCUT2D eigenvalue weighted by Gasteiger charge is -2.18. The SMILES string of the molecule is CC/C=C\C/C=C\C/C=C\C/C=C\C/C=C\C/C=C\C/C=C\C/C=C\CCCCCCCCC(=O)OCC(COC(=O)CCCCCCCCCCC)OC(=O)CC/C=C\C/C=C\C/C=C\C/C=C\C/C=C\C/C=C\CC. The van der Waals surface area contributed by atoms with Gasteiger partial charge < -0.3 is 14.2 Å². The molecule has 0 spiro atoms. The van der Waals surface area contributed by atoms with Crippen molar-refractivity contribution < 1.29 is 28.6 Å². The third-order valence-electron chi connectivity index (χ3n) is 12.2. The molecular formula is C71H110O6. The van der Waals surface area contributed by atoms with Gasteiger partial charge in [0.15, 0.2) is 6.10 Å². The highest BCUT2D eigenvalue weighted by Gasteiger charge is 2.19. The van der Waals surface area contributed by atoms with Crippen LogP contribution in [0.1, 0.15) is 239 Å². The Balaban J connectivity index is 4.37. The Morgan fingerprint density at radius 3 is 0.844 bits per heavy atom. The predicted molar refractivity (Wildman–Crippen MR) is 334 cm³/mol. The predicted octanol–water partition coefficient (Wildman–Crippen LogP) is 21.1. The van der Waals surface area contributed by atoms with Crippen molar-refractivity contribution in [2.45, 2.75) is 245 Å². The Kier molecular flexibility index (Phi) is 59.0. The summed E-state index contributed by atoms with van der Waals surface area (Å²) in [6.45, 7) is 6.30. The highest BCUT2D eigenvalue weighted by molar-refractivity contribution is 5.71. The maximum atomic E-state index is 12.8. The van der Waals surface area contributed by atoms with E-state index >= 15 is 0 Å². The molecule has 1 unspecified atom stereocenters. The van der Waals surface area contributed by atoms with E-state index in [9.17, 15) is 14.4 Å². The molecular weight excluding hydrogens is 949 g/mol. The number of carbonyl (C=O) groups is 3. The number of esters is 3. The second-order valence-electron chi connectivity index (χ2n) is 19.5. The number of hydrogen-bond donors (Lipinski definition) is 0. The van der Waals surface area contributed by atoms with Gasteiger partial charge in [0.2, 0.25) is 0 Å². The lowest BCUT2D eigenvalue weighted by Crippen LogP contribution is -2.30. The molecule has 0 aromatic rings. The van der Waals surface area contributed by atoms with Crippen LogP contribution in [-0.4, -0.2) is 37.2 Å². The molecule has 0 aliphatic rings. The first-order chi connectivity index (χ1) is 38.0. The van der Waals surface area contributed by atoms with Gasteiger partial charge in [-0.3, -0.25) is 14.4 Å². The van der Waals surface area contributed by atoms with Gasteiger partial charge in [0, 0.05) is 19.3 Å². The quantitative estimate of drug-likeness (QED) is 0.0261. The number of carbonyl (C=O) groups excluding carboxylic acids is 3. The smallest absolute Gasteiger partial charge is 0.306 e. The van der Waals surface area contributed by atoms with E-state index in [0.717, 1.165) is 141 Å². The summed E-state index contributed by atoms with van der Waals surface area (Å²) in [5.41, 5.74) is 0. The maximum absolute atomic E-state index is 12.8. The summed E-state index contributed by atoms with van der Waals surface area (Å²) in [6.07, 6.45) is 93.7. The summed E-state index contributed by atoms with van der Waals surface area (Å²) < 4.78 is 16.7. The molecule has 0 aliphatic carbocycles. The molecule has 0 aliphatic heterocycles. The first kappa shape index (κ1) is 71.8. The molecule has 0 aromatic heterocycles. The van der Waals surface area contributed by atoms with Crippen molar-refractivity contribution in [2.24, 2.45) is 0 Å². The molecule has 430 valence electrons. The highest BCUT2D eigenvalue weighted by Crippen LogP contribution is 2.13. The summed E-state index contributed by atoms with van der Waals surface area (Å²) in [7, 11) is 0. The molecule has 0 N–H and O–H groups in total. The van der Waals surface area contributed by atoms with E-state index in [1.165, 1.54) is 51.4 Å². The van der Waals surface area contributed by atoms with Gasteiger partial charge in [-0.1, -0.05) is 268 Å². The minimum atomic E-state index is -0.831. The van der Waals surface area contributed by atoms with Crippen molar-refractivity contribution in [1.82, 2.24) is 0 Å². The summed E-state index contributed by atoms with van der Waals surface area (Å²) >= 11 is 0. The van der Waals surface area contributed by atoms with Gasteiger partial charge in [-0.05, 0) is 122 Å². The minimum absolute atomic E-state index is 0.119. The monoisotopic (exact) mass is 1060 g/mol. The molecule has 0 bridgehead atoms. The van der Waals surface area contributed by atoms with Crippen LogP contribution in [0.5, 0.6) is 0 Å². The van der Waals surface area contributed by atoms with Crippen LogP contribution in [0, 0.1) is 0 Å². The van der Waals surface area contributed by atoms with Crippen LogP contribution in [0.3, 0.4) is 0 Å². The van der Waals surface area contributed by atoms with E-state index in [2.05, 4.69) is 179 Å². The van der Waals surface area contributed by atoms with Crippen molar-refractivity contribution in [1.29, 1.82) is 0 Å². The maximum Gasteiger partial charge on any atom is 0.306 e. The zero-order valence-corrected chi connectivity index (χ0v) is 49.1. The van der Waals surface area contributed by atoms with Crippen molar-refractivity contribution in [3.8, 4) is 0 Å². The van der Waals surface area contributed by atoms with Gasteiger partial charge in [-0.15, -0.1) is 0 Å². The summed E-state index contributed by atoms with van der Waals surface area (Å²) in [6, 6.07) is 0. The molecule has 77 heavy (non-hydrogen) atoms. The molecule has 0 fully saturated rings. The molecule has 0 saturated carbocycles. The van der Waals surface area contributed by atoms with Gasteiger partial charge in [-0.25, -0.2) is 0 Å². The van der Waals surface area contributed by atoms with Crippen LogP contribution in [0.15, 0.2) is 170 Å². The highest BCUT2D eigenvalue weighted by atomic mass is 16.6. The second-order valence-corrected chi connectivity index (χ2v) is 19.5. The first-order valence-electron chi connectivity index (χ1n) is 30.6. The lowest BCUT2D eigenvalue weighted by atomic mass is 10.1. The molecule has 0 heterocycles. The second kappa shape index (κ2) is 63.3. The third-order valence-corrected chi connectivity index (χ3v) is 12.2.